The molecule has 0 N–H and O–H groups in total. The summed E-state index contributed by atoms with van der Waals surface area (Å²) in [7, 11) is 1.37. The smallest absolute Gasteiger partial charge is 0.338 e. The van der Waals surface area contributed by atoms with Gasteiger partial charge in [0.15, 0.2) is 0 Å². The Hall–Kier alpha value is -2.39. The highest BCUT2D eigenvalue weighted by molar-refractivity contribution is 6.30. The lowest BCUT2D eigenvalue weighted by molar-refractivity contribution is 0.0603. The third-order valence-electron chi connectivity index (χ3n) is 3.24. The van der Waals surface area contributed by atoms with Gasteiger partial charge in [-0.3, -0.25) is 0 Å². The summed E-state index contributed by atoms with van der Waals surface area (Å²) in [5.74, 6) is -0.378. The van der Waals surface area contributed by atoms with Gasteiger partial charge in [0.05, 0.1) is 23.9 Å². The zero-order valence-electron chi connectivity index (χ0n) is 11.3. The van der Waals surface area contributed by atoms with Crippen molar-refractivity contribution in [1.82, 2.24) is 4.98 Å². The molecule has 0 aliphatic heterocycles. The Balaban J connectivity index is 2.27. The molecular formula is C17H12ClNO2. The van der Waals surface area contributed by atoms with Crippen LogP contribution in [0.5, 0.6) is 0 Å². The highest BCUT2D eigenvalue weighted by Crippen LogP contribution is 2.26. The first-order valence-corrected chi connectivity index (χ1v) is 6.81. The first-order chi connectivity index (χ1) is 10.2. The van der Waals surface area contributed by atoms with Crippen molar-refractivity contribution in [2.75, 3.05) is 7.11 Å². The van der Waals surface area contributed by atoms with Crippen molar-refractivity contribution >= 4 is 28.5 Å². The summed E-state index contributed by atoms with van der Waals surface area (Å²) < 4.78 is 4.87. The van der Waals surface area contributed by atoms with Gasteiger partial charge in [-0.05, 0) is 24.3 Å². The van der Waals surface area contributed by atoms with Crippen molar-refractivity contribution in [3.63, 3.8) is 0 Å². The number of carbonyl (C=O) groups is 1. The molecule has 0 bridgehead atoms. The first-order valence-electron chi connectivity index (χ1n) is 6.43. The summed E-state index contributed by atoms with van der Waals surface area (Å²) in [6, 6.07) is 16.6. The summed E-state index contributed by atoms with van der Waals surface area (Å²) in [5.41, 5.74) is 2.79. The van der Waals surface area contributed by atoms with Gasteiger partial charge in [0.25, 0.3) is 0 Å². The maximum Gasteiger partial charge on any atom is 0.338 e. The zero-order chi connectivity index (χ0) is 14.8. The number of hydrogen-bond acceptors (Lipinski definition) is 3. The first kappa shape index (κ1) is 13.6. The van der Waals surface area contributed by atoms with E-state index in [4.69, 9.17) is 16.3 Å². The van der Waals surface area contributed by atoms with Crippen LogP contribution in [-0.2, 0) is 4.74 Å². The number of pyridine rings is 1. The summed E-state index contributed by atoms with van der Waals surface area (Å²) in [4.78, 5) is 16.6. The molecular weight excluding hydrogens is 286 g/mol. The molecule has 3 rings (SSSR count). The van der Waals surface area contributed by atoms with Crippen LogP contribution in [0.4, 0.5) is 0 Å². The predicted molar refractivity (Wildman–Crippen MR) is 83.5 cm³/mol. The molecule has 0 amide bonds. The minimum Gasteiger partial charge on any atom is -0.465 e. The van der Waals surface area contributed by atoms with Crippen molar-refractivity contribution in [3.8, 4) is 11.3 Å². The normalized spacial score (nSPS) is 10.6. The van der Waals surface area contributed by atoms with E-state index in [2.05, 4.69) is 4.98 Å². The molecule has 0 spiro atoms. The van der Waals surface area contributed by atoms with E-state index in [1.165, 1.54) is 7.11 Å². The highest BCUT2D eigenvalue weighted by atomic mass is 35.5. The molecule has 21 heavy (non-hydrogen) atoms. The Labute approximate surface area is 127 Å². The van der Waals surface area contributed by atoms with E-state index >= 15 is 0 Å². The number of fused-ring (bicyclic) bond motifs is 1. The molecule has 0 atom stereocenters. The number of nitrogens with zero attached hydrogens (tertiary/aromatic N) is 1. The van der Waals surface area contributed by atoms with Crippen LogP contribution >= 0.6 is 11.6 Å². The van der Waals surface area contributed by atoms with Gasteiger partial charge in [0, 0.05) is 16.0 Å². The fourth-order valence-electron chi connectivity index (χ4n) is 2.25. The average Bonchev–Trinajstić information content (AvgIpc) is 2.53. The van der Waals surface area contributed by atoms with Crippen LogP contribution in [0.3, 0.4) is 0 Å². The summed E-state index contributed by atoms with van der Waals surface area (Å²) in [6.45, 7) is 0. The van der Waals surface area contributed by atoms with E-state index in [1.54, 1.807) is 12.1 Å². The number of halogens is 1. The third-order valence-corrected chi connectivity index (χ3v) is 3.48. The van der Waals surface area contributed by atoms with Gasteiger partial charge in [0.1, 0.15) is 0 Å². The molecule has 0 fully saturated rings. The summed E-state index contributed by atoms with van der Waals surface area (Å²) >= 11 is 6.02. The van der Waals surface area contributed by atoms with Gasteiger partial charge in [0.2, 0.25) is 0 Å². The predicted octanol–water partition coefficient (Wildman–Crippen LogP) is 4.34. The number of ether oxygens (including phenoxy) is 1. The molecule has 1 aromatic heterocycles. The molecule has 0 radical (unpaired) electrons. The maximum absolute atomic E-state index is 12.0. The van der Waals surface area contributed by atoms with Crippen molar-refractivity contribution in [1.29, 1.82) is 0 Å². The quantitative estimate of drug-likeness (QED) is 0.660. The number of rotatable bonds is 2. The molecule has 3 aromatic rings. The Bertz CT molecular complexity index is 830. The zero-order valence-corrected chi connectivity index (χ0v) is 12.1. The molecule has 0 unspecified atom stereocenters. The lowest BCUT2D eigenvalue weighted by Crippen LogP contribution is -2.03. The van der Waals surface area contributed by atoms with Gasteiger partial charge in [-0.15, -0.1) is 0 Å². The van der Waals surface area contributed by atoms with Gasteiger partial charge in [-0.1, -0.05) is 41.9 Å². The largest absolute Gasteiger partial charge is 0.465 e. The molecule has 0 aliphatic rings. The lowest BCUT2D eigenvalue weighted by atomic mass is 10.0. The topological polar surface area (TPSA) is 39.2 Å². The lowest BCUT2D eigenvalue weighted by Gasteiger charge is -2.08. The summed E-state index contributed by atoms with van der Waals surface area (Å²) in [5, 5.41) is 1.40. The molecule has 0 saturated carbocycles. The monoisotopic (exact) mass is 297 g/mol. The second-order valence-corrected chi connectivity index (χ2v) is 5.01. The van der Waals surface area contributed by atoms with Gasteiger partial charge < -0.3 is 4.74 Å². The number of para-hydroxylation sites is 1. The van der Waals surface area contributed by atoms with Gasteiger partial charge in [-0.2, -0.15) is 0 Å². The van der Waals surface area contributed by atoms with E-state index in [9.17, 15) is 4.79 Å². The fraction of sp³-hybridized carbons (Fsp3) is 0.0588. The SMILES string of the molecule is COC(=O)c1cc(-c2cccc(Cl)c2)nc2ccccc12. The van der Waals surface area contributed by atoms with Crippen molar-refractivity contribution in [2.45, 2.75) is 0 Å². The van der Waals surface area contributed by atoms with E-state index in [0.29, 0.717) is 16.3 Å². The Morgan fingerprint density at radius 3 is 2.67 bits per heavy atom. The van der Waals surface area contributed by atoms with Crippen molar-refractivity contribution in [2.24, 2.45) is 0 Å². The molecule has 0 aliphatic carbocycles. The van der Waals surface area contributed by atoms with Crippen molar-refractivity contribution < 1.29 is 9.53 Å². The van der Waals surface area contributed by atoms with Crippen LogP contribution in [0.2, 0.25) is 5.02 Å². The van der Waals surface area contributed by atoms with E-state index in [-0.39, 0.29) is 5.97 Å². The van der Waals surface area contributed by atoms with E-state index in [1.807, 2.05) is 42.5 Å². The van der Waals surface area contributed by atoms with Crippen LogP contribution in [0.15, 0.2) is 54.6 Å². The number of hydrogen-bond donors (Lipinski definition) is 0. The minimum absolute atomic E-state index is 0.378. The van der Waals surface area contributed by atoms with Gasteiger partial charge >= 0.3 is 5.97 Å². The molecule has 2 aromatic carbocycles. The van der Waals surface area contributed by atoms with Crippen LogP contribution in [0.1, 0.15) is 10.4 Å². The second-order valence-electron chi connectivity index (χ2n) is 4.57. The number of benzene rings is 2. The Morgan fingerprint density at radius 1 is 1.10 bits per heavy atom. The van der Waals surface area contributed by atoms with Crippen LogP contribution in [0.25, 0.3) is 22.2 Å². The fourth-order valence-corrected chi connectivity index (χ4v) is 2.44. The second kappa shape index (κ2) is 5.54. The number of esters is 1. The van der Waals surface area contributed by atoms with Crippen LogP contribution < -0.4 is 0 Å². The summed E-state index contributed by atoms with van der Waals surface area (Å²) in [6.07, 6.45) is 0. The maximum atomic E-state index is 12.0. The number of methoxy groups -OCH3 is 1. The van der Waals surface area contributed by atoms with Crippen molar-refractivity contribution in [3.05, 3.63) is 65.2 Å². The average molecular weight is 298 g/mol. The number of aromatic nitrogens is 1. The third kappa shape index (κ3) is 2.60. The van der Waals surface area contributed by atoms with Gasteiger partial charge in [-0.25, -0.2) is 9.78 Å². The molecule has 104 valence electrons. The Morgan fingerprint density at radius 2 is 1.90 bits per heavy atom. The van der Waals surface area contributed by atoms with Crippen LogP contribution in [-0.4, -0.2) is 18.1 Å². The molecule has 1 heterocycles. The standard InChI is InChI=1S/C17H12ClNO2/c1-21-17(20)14-10-16(11-5-4-6-12(18)9-11)19-15-8-3-2-7-13(14)15/h2-10H,1H3. The Kier molecular flexibility index (Phi) is 3.59. The molecule has 3 nitrogen and oxygen atoms in total. The molecule has 4 heteroatoms. The number of carbonyl (C=O) groups excluding carboxylic acids is 1. The van der Waals surface area contributed by atoms with E-state index in [0.717, 1.165) is 16.5 Å². The highest BCUT2D eigenvalue weighted by Gasteiger charge is 2.14. The van der Waals surface area contributed by atoms with Crippen LogP contribution in [0, 0.1) is 0 Å². The van der Waals surface area contributed by atoms with E-state index < -0.39 is 0 Å². The minimum atomic E-state index is -0.378. The molecule has 0 saturated heterocycles.